The monoisotopic (exact) mass is 414 g/mol. The Hall–Kier alpha value is -1.69. The van der Waals surface area contributed by atoms with E-state index in [0.717, 1.165) is 61.4 Å². The molecule has 0 spiro atoms. The molecule has 2 fully saturated rings. The summed E-state index contributed by atoms with van der Waals surface area (Å²) in [6.07, 6.45) is 1.81. The Morgan fingerprint density at radius 2 is 1.88 bits per heavy atom. The summed E-state index contributed by atoms with van der Waals surface area (Å²) in [6.45, 7) is 4.41. The van der Waals surface area contributed by atoms with Gasteiger partial charge in [-0.05, 0) is 48.2 Å². The number of benzene rings is 2. The number of hydrogen-bond acceptors (Lipinski definition) is 3. The molecule has 1 aliphatic heterocycles. The summed E-state index contributed by atoms with van der Waals surface area (Å²) >= 11 is 3.51. The highest BCUT2D eigenvalue weighted by Gasteiger charge is 2.51. The second kappa shape index (κ2) is 7.51. The van der Waals surface area contributed by atoms with Gasteiger partial charge in [-0.2, -0.15) is 0 Å². The Morgan fingerprint density at radius 3 is 2.62 bits per heavy atom. The number of nitrogens with zero attached hydrogens (tertiary/aromatic N) is 1. The Kier molecular flexibility index (Phi) is 5.11. The highest BCUT2D eigenvalue weighted by atomic mass is 79.9. The molecule has 1 aliphatic carbocycles. The van der Waals surface area contributed by atoms with Crippen LogP contribution >= 0.6 is 15.9 Å². The van der Waals surface area contributed by atoms with Crippen molar-refractivity contribution < 1.29 is 9.53 Å². The van der Waals surface area contributed by atoms with Gasteiger partial charge in [0.2, 0.25) is 5.91 Å². The number of hydrogen-bond donors (Lipinski definition) is 1. The lowest BCUT2D eigenvalue weighted by atomic mass is 9.95. The first-order chi connectivity index (χ1) is 12.7. The number of carbonyl (C=O) groups is 1. The molecular formula is C21H23BrN2O2. The van der Waals surface area contributed by atoms with Crippen LogP contribution in [0.3, 0.4) is 0 Å². The molecule has 136 valence electrons. The molecule has 1 amide bonds. The zero-order chi connectivity index (χ0) is 18.0. The van der Waals surface area contributed by atoms with E-state index in [9.17, 15) is 4.79 Å². The highest BCUT2D eigenvalue weighted by molar-refractivity contribution is 9.10. The number of rotatable bonds is 5. The van der Waals surface area contributed by atoms with E-state index in [0.29, 0.717) is 0 Å². The molecule has 0 bridgehead atoms. The van der Waals surface area contributed by atoms with Gasteiger partial charge >= 0.3 is 0 Å². The largest absolute Gasteiger partial charge is 0.379 e. The van der Waals surface area contributed by atoms with E-state index >= 15 is 0 Å². The van der Waals surface area contributed by atoms with Crippen molar-refractivity contribution in [3.63, 3.8) is 0 Å². The summed E-state index contributed by atoms with van der Waals surface area (Å²) in [7, 11) is 0. The summed E-state index contributed by atoms with van der Waals surface area (Å²) < 4.78 is 6.42. The predicted molar refractivity (Wildman–Crippen MR) is 106 cm³/mol. The van der Waals surface area contributed by atoms with Gasteiger partial charge in [0.15, 0.2) is 0 Å². The minimum atomic E-state index is -0.371. The lowest BCUT2D eigenvalue weighted by Crippen LogP contribution is -2.35. The second-order valence-corrected chi connectivity index (χ2v) is 8.05. The van der Waals surface area contributed by atoms with E-state index in [1.165, 1.54) is 5.56 Å². The molecule has 1 saturated carbocycles. The number of carbonyl (C=O) groups excluding carboxylic acids is 1. The first-order valence-corrected chi connectivity index (χ1v) is 9.92. The highest BCUT2D eigenvalue weighted by Crippen LogP contribution is 2.49. The van der Waals surface area contributed by atoms with Crippen molar-refractivity contribution in [2.24, 2.45) is 0 Å². The molecule has 1 N–H and O–H groups in total. The predicted octanol–water partition coefficient (Wildman–Crippen LogP) is 3.95. The van der Waals surface area contributed by atoms with Crippen LogP contribution < -0.4 is 5.32 Å². The van der Waals surface area contributed by atoms with Gasteiger partial charge in [0.05, 0.1) is 18.6 Å². The van der Waals surface area contributed by atoms with Crippen LogP contribution in [0.15, 0.2) is 53.0 Å². The topological polar surface area (TPSA) is 41.6 Å². The lowest BCUT2D eigenvalue weighted by Gasteiger charge is -2.26. The first kappa shape index (κ1) is 17.7. The van der Waals surface area contributed by atoms with Gasteiger partial charge in [-0.1, -0.05) is 40.2 Å². The van der Waals surface area contributed by atoms with Crippen molar-refractivity contribution >= 4 is 27.5 Å². The van der Waals surface area contributed by atoms with Crippen molar-refractivity contribution in [1.29, 1.82) is 0 Å². The third-order valence-corrected chi connectivity index (χ3v) is 5.75. The number of anilines is 1. The standard InChI is InChI=1S/C21H23BrN2O2/c22-18-5-2-4-17(14-18)21(7-8-21)20(25)23-19-6-1-3-16(13-19)15-24-9-11-26-12-10-24/h1-6,13-14H,7-12,15H2,(H,23,25). The number of halogens is 1. The van der Waals surface area contributed by atoms with E-state index in [1.54, 1.807) is 0 Å². The van der Waals surface area contributed by atoms with Gasteiger partial charge in [-0.15, -0.1) is 0 Å². The molecule has 2 aliphatic rings. The summed E-state index contributed by atoms with van der Waals surface area (Å²) in [5.74, 6) is 0.0964. The zero-order valence-corrected chi connectivity index (χ0v) is 16.3. The Morgan fingerprint density at radius 1 is 1.12 bits per heavy atom. The lowest BCUT2D eigenvalue weighted by molar-refractivity contribution is -0.118. The average Bonchev–Trinajstić information content (AvgIpc) is 3.45. The number of amides is 1. The van der Waals surface area contributed by atoms with Crippen LogP contribution in [0.5, 0.6) is 0 Å². The van der Waals surface area contributed by atoms with Crippen LogP contribution in [0.1, 0.15) is 24.0 Å². The Bertz CT molecular complexity index is 798. The fourth-order valence-electron chi connectivity index (χ4n) is 3.57. The molecular weight excluding hydrogens is 392 g/mol. The SMILES string of the molecule is O=C(Nc1cccc(CN2CCOCC2)c1)C1(c2cccc(Br)c2)CC1. The van der Waals surface area contributed by atoms with Crippen molar-refractivity contribution in [1.82, 2.24) is 4.90 Å². The molecule has 0 atom stereocenters. The summed E-state index contributed by atoms with van der Waals surface area (Å²) in [6, 6.07) is 16.3. The molecule has 4 rings (SSSR count). The van der Waals surface area contributed by atoms with Crippen LogP contribution in [0, 0.1) is 0 Å². The van der Waals surface area contributed by atoms with E-state index in [-0.39, 0.29) is 11.3 Å². The molecule has 26 heavy (non-hydrogen) atoms. The average molecular weight is 415 g/mol. The third-order valence-electron chi connectivity index (χ3n) is 5.26. The maximum absolute atomic E-state index is 13.0. The maximum atomic E-state index is 13.0. The van der Waals surface area contributed by atoms with Crippen LogP contribution in [0.4, 0.5) is 5.69 Å². The molecule has 0 radical (unpaired) electrons. The molecule has 0 unspecified atom stereocenters. The zero-order valence-electron chi connectivity index (χ0n) is 14.7. The van der Waals surface area contributed by atoms with Crippen molar-refractivity contribution in [3.05, 3.63) is 64.1 Å². The van der Waals surface area contributed by atoms with Crippen molar-refractivity contribution in [3.8, 4) is 0 Å². The minimum absolute atomic E-state index is 0.0964. The van der Waals surface area contributed by atoms with Gasteiger partial charge in [-0.3, -0.25) is 9.69 Å². The number of nitrogens with one attached hydrogen (secondary N) is 1. The van der Waals surface area contributed by atoms with Gasteiger partial charge < -0.3 is 10.1 Å². The van der Waals surface area contributed by atoms with E-state index in [2.05, 4.69) is 44.3 Å². The molecule has 4 nitrogen and oxygen atoms in total. The molecule has 1 saturated heterocycles. The van der Waals surface area contributed by atoms with E-state index in [4.69, 9.17) is 4.74 Å². The smallest absolute Gasteiger partial charge is 0.235 e. The van der Waals surface area contributed by atoms with Crippen LogP contribution in [0.25, 0.3) is 0 Å². The second-order valence-electron chi connectivity index (χ2n) is 7.14. The number of morpholine rings is 1. The van der Waals surface area contributed by atoms with Gasteiger partial charge in [0, 0.05) is 29.8 Å². The fourth-order valence-corrected chi connectivity index (χ4v) is 3.97. The summed E-state index contributed by atoms with van der Waals surface area (Å²) in [4.78, 5) is 15.3. The molecule has 0 aromatic heterocycles. The number of ether oxygens (including phenoxy) is 1. The molecule has 1 heterocycles. The minimum Gasteiger partial charge on any atom is -0.379 e. The quantitative estimate of drug-likeness (QED) is 0.804. The Balaban J connectivity index is 1.45. The Labute approximate surface area is 162 Å². The summed E-state index contributed by atoms with van der Waals surface area (Å²) in [5.41, 5.74) is 2.82. The molecule has 5 heteroatoms. The van der Waals surface area contributed by atoms with Crippen LogP contribution in [0.2, 0.25) is 0 Å². The normalized spacial score (nSPS) is 19.1. The van der Waals surface area contributed by atoms with Gasteiger partial charge in [0.1, 0.15) is 0 Å². The fraction of sp³-hybridized carbons (Fsp3) is 0.381. The van der Waals surface area contributed by atoms with E-state index < -0.39 is 0 Å². The molecule has 2 aromatic rings. The van der Waals surface area contributed by atoms with Gasteiger partial charge in [0.25, 0.3) is 0 Å². The van der Waals surface area contributed by atoms with Gasteiger partial charge in [-0.25, -0.2) is 0 Å². The molecule has 2 aromatic carbocycles. The van der Waals surface area contributed by atoms with Crippen LogP contribution in [-0.4, -0.2) is 37.1 Å². The van der Waals surface area contributed by atoms with Crippen LogP contribution in [-0.2, 0) is 21.5 Å². The van der Waals surface area contributed by atoms with E-state index in [1.807, 2.05) is 30.3 Å². The van der Waals surface area contributed by atoms with Crippen molar-refractivity contribution in [2.45, 2.75) is 24.8 Å². The first-order valence-electron chi connectivity index (χ1n) is 9.12. The summed E-state index contributed by atoms with van der Waals surface area (Å²) in [5, 5.41) is 3.14. The third kappa shape index (κ3) is 3.85. The maximum Gasteiger partial charge on any atom is 0.235 e. The van der Waals surface area contributed by atoms with Crippen molar-refractivity contribution in [2.75, 3.05) is 31.6 Å².